The predicted octanol–water partition coefficient (Wildman–Crippen LogP) is 1.16. The quantitative estimate of drug-likeness (QED) is 0.822. The summed E-state index contributed by atoms with van der Waals surface area (Å²) in [5, 5.41) is 3.19. The summed E-state index contributed by atoms with van der Waals surface area (Å²) in [6, 6.07) is 3.89. The molecule has 1 fully saturated rings. The van der Waals surface area contributed by atoms with E-state index in [9.17, 15) is 4.79 Å². The molecule has 0 saturated carbocycles. The van der Waals surface area contributed by atoms with Crippen molar-refractivity contribution in [1.82, 2.24) is 15.2 Å². The van der Waals surface area contributed by atoms with Gasteiger partial charge in [0.15, 0.2) is 0 Å². The normalized spacial score (nSPS) is 24.2. The van der Waals surface area contributed by atoms with Crippen molar-refractivity contribution < 1.29 is 4.79 Å². The molecule has 1 aromatic rings. The number of aromatic nitrogens is 1. The molecule has 1 aromatic heterocycles. The second-order valence-electron chi connectivity index (χ2n) is 5.05. The lowest BCUT2D eigenvalue weighted by atomic mass is 9.98. The second kappa shape index (κ2) is 4.92. The van der Waals surface area contributed by atoms with Crippen molar-refractivity contribution >= 4 is 5.91 Å². The van der Waals surface area contributed by atoms with Gasteiger partial charge in [0, 0.05) is 25.0 Å². The standard InChI is InChI=1S/C13H21N3O/c1-13(10-14-2)6-4-8-16(13)12(17)9-11-5-3-7-15-11/h3,5,7,14-15H,4,6,8-10H2,1-2H3. The summed E-state index contributed by atoms with van der Waals surface area (Å²) in [6.07, 6.45) is 4.53. The number of nitrogens with one attached hydrogen (secondary N) is 2. The molecule has 4 nitrogen and oxygen atoms in total. The van der Waals surface area contributed by atoms with Gasteiger partial charge >= 0.3 is 0 Å². The number of carbonyl (C=O) groups is 1. The van der Waals surface area contributed by atoms with Crippen molar-refractivity contribution in [2.75, 3.05) is 20.1 Å². The molecule has 0 spiro atoms. The third-order valence-corrected chi connectivity index (χ3v) is 3.61. The molecule has 0 aliphatic carbocycles. The van der Waals surface area contributed by atoms with Crippen LogP contribution in [0.4, 0.5) is 0 Å². The SMILES string of the molecule is CNCC1(C)CCCN1C(=O)Cc1ccc[nH]1. The van der Waals surface area contributed by atoms with Gasteiger partial charge < -0.3 is 15.2 Å². The summed E-state index contributed by atoms with van der Waals surface area (Å²) >= 11 is 0. The van der Waals surface area contributed by atoms with Crippen LogP contribution in [0.3, 0.4) is 0 Å². The maximum atomic E-state index is 12.3. The average molecular weight is 235 g/mol. The maximum absolute atomic E-state index is 12.3. The molecule has 1 aliphatic heterocycles. The number of amides is 1. The molecule has 1 aliphatic rings. The van der Waals surface area contributed by atoms with Gasteiger partial charge in [-0.15, -0.1) is 0 Å². The largest absolute Gasteiger partial charge is 0.365 e. The summed E-state index contributed by atoms with van der Waals surface area (Å²) in [4.78, 5) is 17.4. The highest BCUT2D eigenvalue weighted by Crippen LogP contribution is 2.28. The lowest BCUT2D eigenvalue weighted by Crippen LogP contribution is -2.51. The number of nitrogens with zero attached hydrogens (tertiary/aromatic N) is 1. The predicted molar refractivity (Wildman–Crippen MR) is 67.8 cm³/mol. The molecular weight excluding hydrogens is 214 g/mol. The van der Waals surface area contributed by atoms with E-state index in [2.05, 4.69) is 17.2 Å². The number of aromatic amines is 1. The minimum atomic E-state index is -0.0155. The fourth-order valence-corrected chi connectivity index (χ4v) is 2.75. The molecule has 1 atom stereocenters. The van der Waals surface area contributed by atoms with E-state index in [4.69, 9.17) is 0 Å². The summed E-state index contributed by atoms with van der Waals surface area (Å²) in [5.41, 5.74) is 0.979. The zero-order valence-corrected chi connectivity index (χ0v) is 10.6. The lowest BCUT2D eigenvalue weighted by Gasteiger charge is -2.35. The van der Waals surface area contributed by atoms with Crippen LogP contribution in [-0.2, 0) is 11.2 Å². The van der Waals surface area contributed by atoms with Gasteiger partial charge in [-0.1, -0.05) is 0 Å². The number of hydrogen-bond donors (Lipinski definition) is 2. The van der Waals surface area contributed by atoms with Gasteiger partial charge in [-0.25, -0.2) is 0 Å². The Morgan fingerprint density at radius 2 is 2.47 bits per heavy atom. The van der Waals surface area contributed by atoms with Gasteiger partial charge in [-0.05, 0) is 38.9 Å². The molecule has 0 bridgehead atoms. The summed E-state index contributed by atoms with van der Waals surface area (Å²) in [6.45, 7) is 3.92. The first-order valence-electron chi connectivity index (χ1n) is 6.23. The summed E-state index contributed by atoms with van der Waals surface area (Å²) in [5.74, 6) is 0.225. The number of likely N-dealkylation sites (N-methyl/N-ethyl adjacent to an activating group) is 1. The number of likely N-dealkylation sites (tertiary alicyclic amines) is 1. The molecule has 17 heavy (non-hydrogen) atoms. The van der Waals surface area contributed by atoms with E-state index in [1.54, 1.807) is 0 Å². The van der Waals surface area contributed by atoms with Gasteiger partial charge in [-0.3, -0.25) is 4.79 Å². The van der Waals surface area contributed by atoms with Crippen LogP contribution in [0.2, 0.25) is 0 Å². The Bertz CT molecular complexity index is 374. The molecule has 2 N–H and O–H groups in total. The van der Waals surface area contributed by atoms with Crippen molar-refractivity contribution in [2.24, 2.45) is 0 Å². The molecule has 1 amide bonds. The zero-order chi connectivity index (χ0) is 12.3. The van der Waals surface area contributed by atoms with E-state index in [-0.39, 0.29) is 11.4 Å². The van der Waals surface area contributed by atoms with Crippen molar-refractivity contribution in [3.63, 3.8) is 0 Å². The highest BCUT2D eigenvalue weighted by atomic mass is 16.2. The molecule has 2 heterocycles. The topological polar surface area (TPSA) is 48.1 Å². The Morgan fingerprint density at radius 1 is 1.65 bits per heavy atom. The number of H-pyrrole nitrogens is 1. The Morgan fingerprint density at radius 3 is 3.12 bits per heavy atom. The Balaban J connectivity index is 2.03. The van der Waals surface area contributed by atoms with Crippen LogP contribution < -0.4 is 5.32 Å². The highest BCUT2D eigenvalue weighted by Gasteiger charge is 2.38. The molecule has 0 radical (unpaired) electrons. The third kappa shape index (κ3) is 2.52. The van der Waals surface area contributed by atoms with Crippen molar-refractivity contribution in [3.8, 4) is 0 Å². The minimum absolute atomic E-state index is 0.0155. The first-order chi connectivity index (χ1) is 8.15. The summed E-state index contributed by atoms with van der Waals surface area (Å²) < 4.78 is 0. The summed E-state index contributed by atoms with van der Waals surface area (Å²) in [7, 11) is 1.94. The average Bonchev–Trinajstić information content (AvgIpc) is 2.88. The van der Waals surface area contributed by atoms with Crippen LogP contribution in [0.5, 0.6) is 0 Å². The van der Waals surface area contributed by atoms with Crippen molar-refractivity contribution in [2.45, 2.75) is 31.7 Å². The molecular formula is C13H21N3O. The minimum Gasteiger partial charge on any atom is -0.365 e. The molecule has 94 valence electrons. The van der Waals surface area contributed by atoms with E-state index in [0.717, 1.165) is 31.6 Å². The van der Waals surface area contributed by atoms with Gasteiger partial charge in [0.1, 0.15) is 0 Å². The number of carbonyl (C=O) groups excluding carboxylic acids is 1. The van der Waals surface area contributed by atoms with E-state index in [0.29, 0.717) is 6.42 Å². The number of rotatable bonds is 4. The number of hydrogen-bond acceptors (Lipinski definition) is 2. The van der Waals surface area contributed by atoms with Gasteiger partial charge in [0.05, 0.1) is 12.0 Å². The highest BCUT2D eigenvalue weighted by molar-refractivity contribution is 5.79. The molecule has 1 unspecified atom stereocenters. The third-order valence-electron chi connectivity index (χ3n) is 3.61. The Labute approximate surface area is 102 Å². The smallest absolute Gasteiger partial charge is 0.228 e. The molecule has 2 rings (SSSR count). The lowest BCUT2D eigenvalue weighted by molar-refractivity contribution is -0.134. The zero-order valence-electron chi connectivity index (χ0n) is 10.6. The van der Waals surface area contributed by atoms with E-state index in [1.165, 1.54) is 0 Å². The van der Waals surface area contributed by atoms with Crippen LogP contribution >= 0.6 is 0 Å². The molecule has 1 saturated heterocycles. The Hall–Kier alpha value is -1.29. The monoisotopic (exact) mass is 235 g/mol. The van der Waals surface area contributed by atoms with E-state index < -0.39 is 0 Å². The van der Waals surface area contributed by atoms with Crippen LogP contribution in [0.25, 0.3) is 0 Å². The first-order valence-corrected chi connectivity index (χ1v) is 6.23. The van der Waals surface area contributed by atoms with Crippen molar-refractivity contribution in [3.05, 3.63) is 24.0 Å². The van der Waals surface area contributed by atoms with E-state index >= 15 is 0 Å². The van der Waals surface area contributed by atoms with Gasteiger partial charge in [0.2, 0.25) is 5.91 Å². The fourth-order valence-electron chi connectivity index (χ4n) is 2.75. The van der Waals surface area contributed by atoms with Crippen LogP contribution in [0.15, 0.2) is 18.3 Å². The first kappa shape index (κ1) is 12.2. The maximum Gasteiger partial charge on any atom is 0.228 e. The van der Waals surface area contributed by atoms with Crippen LogP contribution in [-0.4, -0.2) is 41.5 Å². The van der Waals surface area contributed by atoms with Gasteiger partial charge in [-0.2, -0.15) is 0 Å². The van der Waals surface area contributed by atoms with Crippen LogP contribution in [0, 0.1) is 0 Å². The Kier molecular flexibility index (Phi) is 3.52. The fraction of sp³-hybridized carbons (Fsp3) is 0.615. The van der Waals surface area contributed by atoms with E-state index in [1.807, 2.05) is 30.3 Å². The van der Waals surface area contributed by atoms with Crippen LogP contribution in [0.1, 0.15) is 25.5 Å². The molecule has 0 aromatic carbocycles. The van der Waals surface area contributed by atoms with Crippen molar-refractivity contribution in [1.29, 1.82) is 0 Å². The van der Waals surface area contributed by atoms with Gasteiger partial charge in [0.25, 0.3) is 0 Å². The second-order valence-corrected chi connectivity index (χ2v) is 5.05. The molecule has 4 heteroatoms.